The first-order valence-corrected chi connectivity index (χ1v) is 8.09. The first-order valence-electron chi connectivity index (χ1n) is 8.09. The van der Waals surface area contributed by atoms with Gasteiger partial charge in [0.05, 0.1) is 11.8 Å². The number of carbonyl (C=O) groups is 1. The number of hydrogen-bond donors (Lipinski definition) is 1. The van der Waals surface area contributed by atoms with Crippen molar-refractivity contribution in [2.24, 2.45) is 7.05 Å². The molecule has 0 spiro atoms. The third-order valence-electron chi connectivity index (χ3n) is 3.86. The van der Waals surface area contributed by atoms with Crippen LogP contribution in [0.2, 0.25) is 0 Å². The van der Waals surface area contributed by atoms with E-state index in [-0.39, 0.29) is 11.8 Å². The van der Waals surface area contributed by atoms with Crippen molar-refractivity contribution >= 4 is 11.7 Å². The van der Waals surface area contributed by atoms with Crippen molar-refractivity contribution in [2.75, 3.05) is 25.0 Å². The normalized spacial score (nSPS) is 19.2. The van der Waals surface area contributed by atoms with Crippen LogP contribution in [0.5, 0.6) is 0 Å². The lowest BCUT2D eigenvalue weighted by Crippen LogP contribution is -2.36. The number of nitrogens with one attached hydrogen (secondary N) is 1. The predicted octanol–water partition coefficient (Wildman–Crippen LogP) is 3.25. The maximum absolute atomic E-state index is 12.9. The van der Waals surface area contributed by atoms with Crippen molar-refractivity contribution in [3.63, 3.8) is 0 Å². The van der Waals surface area contributed by atoms with Crippen molar-refractivity contribution in [2.45, 2.75) is 44.9 Å². The van der Waals surface area contributed by atoms with E-state index in [1.54, 1.807) is 0 Å². The van der Waals surface area contributed by atoms with Gasteiger partial charge in [-0.15, -0.1) is 0 Å². The Labute approximate surface area is 138 Å². The molecular weight excluding hydrogens is 325 g/mol. The molecule has 24 heavy (non-hydrogen) atoms. The van der Waals surface area contributed by atoms with Crippen molar-refractivity contribution in [3.8, 4) is 0 Å². The number of aromatic nitrogens is 2. The Morgan fingerprint density at radius 2 is 2.17 bits per heavy atom. The molecule has 0 bridgehead atoms. The van der Waals surface area contributed by atoms with Crippen LogP contribution >= 0.6 is 0 Å². The number of urea groups is 1. The number of nitrogens with zero attached hydrogens (tertiary/aromatic N) is 3. The lowest BCUT2D eigenvalue weighted by Gasteiger charge is -2.21. The van der Waals surface area contributed by atoms with Gasteiger partial charge in [0.25, 0.3) is 0 Å². The molecule has 0 aliphatic carbocycles. The van der Waals surface area contributed by atoms with E-state index in [0.29, 0.717) is 26.1 Å². The SMILES string of the molecule is CCCOC1CCCN(C(=O)Nc2cn(C)nc2C(F)(F)F)CC1. The van der Waals surface area contributed by atoms with Crippen LogP contribution in [0.4, 0.5) is 23.7 Å². The third-order valence-corrected chi connectivity index (χ3v) is 3.86. The minimum atomic E-state index is -4.61. The van der Waals surface area contributed by atoms with Crippen LogP contribution in [0, 0.1) is 0 Å². The molecule has 6 nitrogen and oxygen atoms in total. The van der Waals surface area contributed by atoms with Gasteiger partial charge >= 0.3 is 12.2 Å². The molecule has 2 amide bonds. The van der Waals surface area contributed by atoms with E-state index in [2.05, 4.69) is 10.4 Å². The molecule has 1 N–H and O–H groups in total. The van der Waals surface area contributed by atoms with Gasteiger partial charge in [-0.05, 0) is 25.7 Å². The number of carbonyl (C=O) groups excluding carboxylic acids is 1. The van der Waals surface area contributed by atoms with Crippen LogP contribution < -0.4 is 5.32 Å². The summed E-state index contributed by atoms with van der Waals surface area (Å²) in [6.45, 7) is 3.67. The zero-order valence-corrected chi connectivity index (χ0v) is 13.9. The maximum Gasteiger partial charge on any atom is 0.437 e. The average molecular weight is 348 g/mol. The van der Waals surface area contributed by atoms with Gasteiger partial charge < -0.3 is 15.0 Å². The summed E-state index contributed by atoms with van der Waals surface area (Å²) >= 11 is 0. The van der Waals surface area contributed by atoms with Gasteiger partial charge in [0.15, 0.2) is 5.69 Å². The Bertz CT molecular complexity index is 559. The second kappa shape index (κ2) is 7.87. The summed E-state index contributed by atoms with van der Waals surface area (Å²) in [5.41, 5.74) is -1.41. The van der Waals surface area contributed by atoms with Crippen molar-refractivity contribution in [1.82, 2.24) is 14.7 Å². The second-order valence-corrected chi connectivity index (χ2v) is 5.90. The van der Waals surface area contributed by atoms with E-state index in [1.165, 1.54) is 11.9 Å². The number of anilines is 1. The third kappa shape index (κ3) is 4.86. The van der Waals surface area contributed by atoms with Gasteiger partial charge in [-0.1, -0.05) is 6.92 Å². The van der Waals surface area contributed by atoms with Crippen LogP contribution in [0.25, 0.3) is 0 Å². The fourth-order valence-electron chi connectivity index (χ4n) is 2.70. The molecule has 2 heterocycles. The molecule has 2 rings (SSSR count). The number of likely N-dealkylation sites (tertiary alicyclic amines) is 1. The molecule has 1 unspecified atom stereocenters. The van der Waals surface area contributed by atoms with E-state index in [4.69, 9.17) is 4.74 Å². The highest BCUT2D eigenvalue weighted by Crippen LogP contribution is 2.33. The number of amides is 2. The largest absolute Gasteiger partial charge is 0.437 e. The summed E-state index contributed by atoms with van der Waals surface area (Å²) in [7, 11) is 1.38. The molecule has 0 aromatic carbocycles. The molecule has 1 aromatic rings. The highest BCUT2D eigenvalue weighted by Gasteiger charge is 2.38. The molecule has 1 aromatic heterocycles. The minimum Gasteiger partial charge on any atom is -0.378 e. The van der Waals surface area contributed by atoms with Crippen LogP contribution in [-0.2, 0) is 18.0 Å². The molecular formula is C15H23F3N4O2. The summed E-state index contributed by atoms with van der Waals surface area (Å²) < 4.78 is 45.5. The van der Waals surface area contributed by atoms with Crippen molar-refractivity contribution in [1.29, 1.82) is 0 Å². The number of alkyl halides is 3. The fraction of sp³-hybridized carbons (Fsp3) is 0.733. The standard InChI is InChI=1S/C15H23F3N4O2/c1-3-9-24-11-5-4-7-22(8-6-11)14(23)19-12-10-21(2)20-13(12)15(16,17)18/h10-11H,3-9H2,1-2H3,(H,19,23). The monoisotopic (exact) mass is 348 g/mol. The van der Waals surface area contributed by atoms with Gasteiger partial charge in [-0.25, -0.2) is 4.79 Å². The summed E-state index contributed by atoms with van der Waals surface area (Å²) in [4.78, 5) is 13.8. The highest BCUT2D eigenvalue weighted by atomic mass is 19.4. The van der Waals surface area contributed by atoms with Gasteiger partial charge in [0, 0.05) is 32.9 Å². The quantitative estimate of drug-likeness (QED) is 0.909. The topological polar surface area (TPSA) is 59.4 Å². The number of halogens is 3. The Balaban J connectivity index is 1.98. The second-order valence-electron chi connectivity index (χ2n) is 5.90. The Kier molecular flexibility index (Phi) is 6.09. The summed E-state index contributed by atoms with van der Waals surface area (Å²) in [5.74, 6) is 0. The zero-order chi connectivity index (χ0) is 17.7. The van der Waals surface area contributed by atoms with E-state index in [9.17, 15) is 18.0 Å². The van der Waals surface area contributed by atoms with Gasteiger partial charge in [0.2, 0.25) is 0 Å². The van der Waals surface area contributed by atoms with Gasteiger partial charge in [-0.2, -0.15) is 18.3 Å². The summed E-state index contributed by atoms with van der Waals surface area (Å²) in [6.07, 6.45) is -0.111. The summed E-state index contributed by atoms with van der Waals surface area (Å²) in [6, 6.07) is -0.537. The van der Waals surface area contributed by atoms with Crippen molar-refractivity contribution in [3.05, 3.63) is 11.9 Å². The van der Waals surface area contributed by atoms with Crippen LogP contribution in [0.3, 0.4) is 0 Å². The molecule has 1 aliphatic rings. The molecule has 136 valence electrons. The Morgan fingerprint density at radius 3 is 2.83 bits per heavy atom. The molecule has 1 atom stereocenters. The van der Waals surface area contributed by atoms with Crippen molar-refractivity contribution < 1.29 is 22.7 Å². The lowest BCUT2D eigenvalue weighted by atomic mass is 10.2. The fourth-order valence-corrected chi connectivity index (χ4v) is 2.70. The molecule has 1 fully saturated rings. The first kappa shape index (κ1) is 18.6. The predicted molar refractivity (Wildman–Crippen MR) is 82.7 cm³/mol. The number of hydrogen-bond acceptors (Lipinski definition) is 3. The van der Waals surface area contributed by atoms with E-state index < -0.39 is 17.9 Å². The van der Waals surface area contributed by atoms with Crippen LogP contribution in [-0.4, -0.2) is 46.5 Å². The first-order chi connectivity index (χ1) is 11.3. The maximum atomic E-state index is 12.9. The number of rotatable bonds is 4. The van der Waals surface area contributed by atoms with Gasteiger partial charge in [-0.3, -0.25) is 4.68 Å². The Morgan fingerprint density at radius 1 is 1.42 bits per heavy atom. The molecule has 1 aliphatic heterocycles. The molecule has 1 saturated heterocycles. The van der Waals surface area contributed by atoms with E-state index in [0.717, 1.165) is 30.1 Å². The molecule has 0 saturated carbocycles. The average Bonchev–Trinajstić information content (AvgIpc) is 2.73. The smallest absolute Gasteiger partial charge is 0.378 e. The van der Waals surface area contributed by atoms with E-state index in [1.807, 2.05) is 6.92 Å². The zero-order valence-electron chi connectivity index (χ0n) is 13.9. The highest BCUT2D eigenvalue weighted by molar-refractivity contribution is 5.89. The van der Waals surface area contributed by atoms with Crippen LogP contribution in [0.1, 0.15) is 38.3 Å². The van der Waals surface area contributed by atoms with Crippen LogP contribution in [0.15, 0.2) is 6.20 Å². The molecule has 0 radical (unpaired) electrons. The summed E-state index contributed by atoms with van der Waals surface area (Å²) in [5, 5.41) is 5.72. The van der Waals surface area contributed by atoms with Gasteiger partial charge in [0.1, 0.15) is 0 Å². The number of ether oxygens (including phenoxy) is 1. The van der Waals surface area contributed by atoms with E-state index >= 15 is 0 Å². The molecule has 9 heteroatoms. The lowest BCUT2D eigenvalue weighted by molar-refractivity contribution is -0.140. The Hall–Kier alpha value is -1.77. The minimum absolute atomic E-state index is 0.104. The number of aryl methyl sites for hydroxylation is 1.